The summed E-state index contributed by atoms with van der Waals surface area (Å²) in [5.74, 6) is 0.901. The van der Waals surface area contributed by atoms with Crippen LogP contribution in [0.2, 0.25) is 5.15 Å². The molecule has 1 aliphatic rings. The molecule has 1 heterocycles. The molecule has 0 radical (unpaired) electrons. The Kier molecular flexibility index (Phi) is 2.24. The van der Waals surface area contributed by atoms with Gasteiger partial charge in [-0.2, -0.15) is 0 Å². The third kappa shape index (κ3) is 1.90. The summed E-state index contributed by atoms with van der Waals surface area (Å²) in [6, 6.07) is 0. The summed E-state index contributed by atoms with van der Waals surface area (Å²) in [6.45, 7) is 1.13. The fourth-order valence-electron chi connectivity index (χ4n) is 1.19. The minimum atomic E-state index is 0.609. The second-order valence-corrected chi connectivity index (χ2v) is 4.50. The molecule has 1 aromatic rings. The summed E-state index contributed by atoms with van der Waals surface area (Å²) >= 11 is 7.34. The quantitative estimate of drug-likeness (QED) is 0.749. The van der Waals surface area contributed by atoms with Crippen molar-refractivity contribution < 1.29 is 0 Å². The highest BCUT2D eigenvalue weighted by atomic mass is 35.5. The molecule has 0 N–H and O–H groups in total. The highest BCUT2D eigenvalue weighted by molar-refractivity contribution is 7.14. The molecule has 1 fully saturated rings. The van der Waals surface area contributed by atoms with E-state index in [-0.39, 0.29) is 0 Å². The largest absolute Gasteiger partial charge is 0.351 e. The first-order valence-electron chi connectivity index (χ1n) is 4.08. The number of aromatic nitrogens is 1. The average Bonchev–Trinajstić information content (AvgIpc) is 2.72. The third-order valence-corrected chi connectivity index (χ3v) is 3.30. The molecule has 0 saturated heterocycles. The molecule has 0 unspecified atom stereocenters. The summed E-state index contributed by atoms with van der Waals surface area (Å²) in [6.07, 6.45) is 2.76. The Bertz CT molecular complexity index is 270. The Morgan fingerprint density at radius 3 is 3.00 bits per heavy atom. The first-order chi connectivity index (χ1) is 5.75. The Morgan fingerprint density at radius 2 is 2.50 bits per heavy atom. The molecule has 1 saturated carbocycles. The normalized spacial score (nSPS) is 16.5. The van der Waals surface area contributed by atoms with Crippen molar-refractivity contribution in [3.05, 3.63) is 10.5 Å². The summed E-state index contributed by atoms with van der Waals surface area (Å²) in [4.78, 5) is 6.39. The molecular formula is C8H11ClN2S. The van der Waals surface area contributed by atoms with E-state index in [9.17, 15) is 0 Å². The van der Waals surface area contributed by atoms with Gasteiger partial charge in [0.2, 0.25) is 0 Å². The van der Waals surface area contributed by atoms with Gasteiger partial charge < -0.3 is 4.90 Å². The van der Waals surface area contributed by atoms with Gasteiger partial charge in [0.25, 0.3) is 0 Å². The van der Waals surface area contributed by atoms with Crippen molar-refractivity contribution >= 4 is 28.1 Å². The van der Waals surface area contributed by atoms with E-state index in [4.69, 9.17) is 11.6 Å². The maximum absolute atomic E-state index is 5.73. The van der Waals surface area contributed by atoms with Gasteiger partial charge in [0.1, 0.15) is 5.15 Å². The third-order valence-electron chi connectivity index (χ3n) is 2.02. The number of hydrogen-bond donors (Lipinski definition) is 0. The fraction of sp³-hybridized carbons (Fsp3) is 0.625. The molecule has 0 atom stereocenters. The molecule has 4 heteroatoms. The van der Waals surface area contributed by atoms with Crippen LogP contribution in [0.3, 0.4) is 0 Å². The minimum absolute atomic E-state index is 0.609. The molecular weight excluding hydrogens is 192 g/mol. The molecule has 12 heavy (non-hydrogen) atoms. The van der Waals surface area contributed by atoms with E-state index in [0.29, 0.717) is 5.15 Å². The predicted molar refractivity (Wildman–Crippen MR) is 53.1 cm³/mol. The zero-order valence-electron chi connectivity index (χ0n) is 6.96. The lowest BCUT2D eigenvalue weighted by molar-refractivity contribution is 0.784. The van der Waals surface area contributed by atoms with Gasteiger partial charge in [-0.1, -0.05) is 11.6 Å². The van der Waals surface area contributed by atoms with Crippen LogP contribution in [0, 0.1) is 5.92 Å². The number of halogens is 1. The summed E-state index contributed by atoms with van der Waals surface area (Å²) in [7, 11) is 2.08. The maximum atomic E-state index is 5.73. The molecule has 0 amide bonds. The van der Waals surface area contributed by atoms with Crippen LogP contribution in [0.15, 0.2) is 5.38 Å². The van der Waals surface area contributed by atoms with Crippen LogP contribution < -0.4 is 4.90 Å². The van der Waals surface area contributed by atoms with Crippen LogP contribution in [0.25, 0.3) is 0 Å². The Hall–Kier alpha value is -0.280. The van der Waals surface area contributed by atoms with E-state index in [2.05, 4.69) is 16.9 Å². The maximum Gasteiger partial charge on any atom is 0.186 e. The summed E-state index contributed by atoms with van der Waals surface area (Å²) in [5, 5.41) is 3.52. The van der Waals surface area contributed by atoms with E-state index in [0.717, 1.165) is 17.6 Å². The lowest BCUT2D eigenvalue weighted by Gasteiger charge is -2.14. The Balaban J connectivity index is 1.97. The molecule has 0 spiro atoms. The van der Waals surface area contributed by atoms with Crippen molar-refractivity contribution in [1.82, 2.24) is 4.98 Å². The predicted octanol–water partition coefficient (Wildman–Crippen LogP) is 2.64. The zero-order valence-corrected chi connectivity index (χ0v) is 8.53. The topological polar surface area (TPSA) is 16.1 Å². The van der Waals surface area contributed by atoms with E-state index < -0.39 is 0 Å². The number of rotatable bonds is 3. The first kappa shape index (κ1) is 8.32. The highest BCUT2D eigenvalue weighted by Crippen LogP contribution is 2.32. The lowest BCUT2D eigenvalue weighted by atomic mass is 10.4. The van der Waals surface area contributed by atoms with E-state index in [1.54, 1.807) is 11.3 Å². The standard InChI is InChI=1S/C8H11ClN2S/c1-11(4-6-2-3-6)8-10-7(9)5-12-8/h5-6H,2-4H2,1H3. The van der Waals surface area contributed by atoms with Crippen LogP contribution in [-0.2, 0) is 0 Å². The van der Waals surface area contributed by atoms with Crippen molar-refractivity contribution in [2.75, 3.05) is 18.5 Å². The first-order valence-corrected chi connectivity index (χ1v) is 5.33. The molecule has 66 valence electrons. The molecule has 1 aromatic heterocycles. The molecule has 0 bridgehead atoms. The molecule has 2 rings (SSSR count). The minimum Gasteiger partial charge on any atom is -0.351 e. The van der Waals surface area contributed by atoms with Crippen molar-refractivity contribution in [2.45, 2.75) is 12.8 Å². The smallest absolute Gasteiger partial charge is 0.186 e. The van der Waals surface area contributed by atoms with E-state index in [1.807, 2.05) is 5.38 Å². The number of anilines is 1. The SMILES string of the molecule is CN(CC1CC1)c1nc(Cl)cs1. The number of nitrogens with zero attached hydrogens (tertiary/aromatic N) is 2. The van der Waals surface area contributed by atoms with Crippen LogP contribution in [0.4, 0.5) is 5.13 Å². The van der Waals surface area contributed by atoms with Crippen LogP contribution in [0.5, 0.6) is 0 Å². The van der Waals surface area contributed by atoms with Crippen molar-refractivity contribution in [3.63, 3.8) is 0 Å². The summed E-state index contributed by atoms with van der Waals surface area (Å²) in [5.41, 5.74) is 0. The Labute approximate surface area is 81.2 Å². The summed E-state index contributed by atoms with van der Waals surface area (Å²) < 4.78 is 0. The average molecular weight is 203 g/mol. The van der Waals surface area contributed by atoms with Gasteiger partial charge >= 0.3 is 0 Å². The molecule has 2 nitrogen and oxygen atoms in total. The van der Waals surface area contributed by atoms with Crippen molar-refractivity contribution in [2.24, 2.45) is 5.92 Å². The van der Waals surface area contributed by atoms with Gasteiger partial charge in [-0.3, -0.25) is 0 Å². The van der Waals surface area contributed by atoms with Gasteiger partial charge in [0, 0.05) is 19.0 Å². The van der Waals surface area contributed by atoms with Crippen LogP contribution >= 0.6 is 22.9 Å². The van der Waals surface area contributed by atoms with Crippen molar-refractivity contribution in [1.29, 1.82) is 0 Å². The van der Waals surface area contributed by atoms with Crippen molar-refractivity contribution in [3.8, 4) is 0 Å². The number of thiazole rings is 1. The monoisotopic (exact) mass is 202 g/mol. The van der Waals surface area contributed by atoms with Gasteiger partial charge in [0.15, 0.2) is 5.13 Å². The van der Waals surface area contributed by atoms with Crippen LogP contribution in [-0.4, -0.2) is 18.6 Å². The highest BCUT2D eigenvalue weighted by Gasteiger charge is 2.23. The molecule has 1 aliphatic carbocycles. The van der Waals surface area contributed by atoms with E-state index in [1.165, 1.54) is 12.8 Å². The second-order valence-electron chi connectivity index (χ2n) is 3.28. The molecule has 0 aliphatic heterocycles. The van der Waals surface area contributed by atoms with E-state index >= 15 is 0 Å². The van der Waals surface area contributed by atoms with Crippen LogP contribution in [0.1, 0.15) is 12.8 Å². The Morgan fingerprint density at radius 1 is 1.75 bits per heavy atom. The fourth-order valence-corrected chi connectivity index (χ4v) is 2.11. The number of hydrogen-bond acceptors (Lipinski definition) is 3. The second kappa shape index (κ2) is 3.23. The molecule has 0 aromatic carbocycles. The lowest BCUT2D eigenvalue weighted by Crippen LogP contribution is -2.19. The zero-order chi connectivity index (χ0) is 8.55. The van der Waals surface area contributed by atoms with Gasteiger partial charge in [0.05, 0.1) is 0 Å². The van der Waals surface area contributed by atoms with Gasteiger partial charge in [-0.15, -0.1) is 11.3 Å². The van der Waals surface area contributed by atoms with Gasteiger partial charge in [-0.25, -0.2) is 4.98 Å². The van der Waals surface area contributed by atoms with Gasteiger partial charge in [-0.05, 0) is 18.8 Å².